The Bertz CT molecular complexity index is 1060. The molecule has 1 aromatic heterocycles. The highest BCUT2D eigenvalue weighted by Crippen LogP contribution is 2.32. The van der Waals surface area contributed by atoms with Crippen molar-refractivity contribution < 1.29 is 14.3 Å². The number of carbonyl (C=O) groups is 2. The number of fused-ring (bicyclic) bond motifs is 1. The summed E-state index contributed by atoms with van der Waals surface area (Å²) in [5, 5.41) is 6.75. The van der Waals surface area contributed by atoms with Crippen molar-refractivity contribution in [3.05, 3.63) is 40.5 Å². The van der Waals surface area contributed by atoms with Crippen LogP contribution < -0.4 is 10.6 Å². The summed E-state index contributed by atoms with van der Waals surface area (Å²) >= 11 is 6.40. The molecule has 9 heteroatoms. The van der Waals surface area contributed by atoms with Crippen molar-refractivity contribution in [1.82, 2.24) is 20.2 Å². The first-order valence-electron chi connectivity index (χ1n) is 11.1. The number of hydrogen-bond acceptors (Lipinski definition) is 6. The lowest BCUT2D eigenvalue weighted by atomic mass is 10.0. The van der Waals surface area contributed by atoms with Gasteiger partial charge in [-0.25, -0.2) is 9.97 Å². The normalized spacial score (nSPS) is 22.6. The Balaban J connectivity index is 1.31. The van der Waals surface area contributed by atoms with Crippen molar-refractivity contribution in [3.63, 3.8) is 0 Å². The second-order valence-corrected chi connectivity index (χ2v) is 9.25. The fourth-order valence-corrected chi connectivity index (χ4v) is 4.45. The molecule has 0 bridgehead atoms. The Morgan fingerprint density at radius 1 is 1.31 bits per heavy atom. The molecule has 168 valence electrons. The molecule has 1 aromatic carbocycles. The highest BCUT2D eigenvalue weighted by Gasteiger charge is 2.35. The van der Waals surface area contributed by atoms with E-state index in [1.54, 1.807) is 11.1 Å². The number of rotatable bonds is 6. The molecule has 8 nitrogen and oxygen atoms in total. The average Bonchev–Trinajstić information content (AvgIpc) is 3.39. The second-order valence-electron chi connectivity index (χ2n) is 8.84. The van der Waals surface area contributed by atoms with Gasteiger partial charge in [-0.2, -0.15) is 0 Å². The number of halogens is 1. The predicted molar refractivity (Wildman–Crippen MR) is 120 cm³/mol. The minimum Gasteiger partial charge on any atom is -0.381 e. The van der Waals surface area contributed by atoms with E-state index in [1.807, 2.05) is 18.2 Å². The maximum absolute atomic E-state index is 13.0. The first-order chi connectivity index (χ1) is 15.5. The predicted octanol–water partition coefficient (Wildman–Crippen LogP) is 2.87. The largest absolute Gasteiger partial charge is 0.381 e. The first kappa shape index (κ1) is 21.2. The number of amides is 2. The molecule has 2 atom stereocenters. The average molecular weight is 456 g/mol. The summed E-state index contributed by atoms with van der Waals surface area (Å²) in [5.41, 5.74) is 2.81. The molecule has 0 radical (unpaired) electrons. The van der Waals surface area contributed by atoms with Gasteiger partial charge in [0.05, 0.1) is 16.9 Å². The molecule has 5 rings (SSSR count). The van der Waals surface area contributed by atoms with Crippen LogP contribution in [-0.2, 0) is 16.1 Å². The van der Waals surface area contributed by atoms with Gasteiger partial charge in [0.15, 0.2) is 0 Å². The third-order valence-electron chi connectivity index (χ3n) is 6.35. The van der Waals surface area contributed by atoms with Crippen LogP contribution in [0.3, 0.4) is 0 Å². The molecule has 1 saturated heterocycles. The SMILES string of the molecule is C[C@@H]1C[C@H]1NC(=O)CN1Cc2ccc(-c3nc(NC4CCOCC4)ncc3Cl)cc2C1=O. The maximum Gasteiger partial charge on any atom is 0.254 e. The number of ether oxygens (including phenoxy) is 1. The number of nitrogens with zero attached hydrogens (tertiary/aromatic N) is 3. The molecule has 2 N–H and O–H groups in total. The third kappa shape index (κ3) is 4.42. The van der Waals surface area contributed by atoms with Gasteiger partial charge in [-0.3, -0.25) is 9.59 Å². The van der Waals surface area contributed by atoms with Gasteiger partial charge in [0.2, 0.25) is 11.9 Å². The van der Waals surface area contributed by atoms with Crippen LogP contribution in [0, 0.1) is 5.92 Å². The van der Waals surface area contributed by atoms with Crippen LogP contribution in [0.2, 0.25) is 5.02 Å². The summed E-state index contributed by atoms with van der Waals surface area (Å²) in [5.74, 6) is 0.780. The third-order valence-corrected chi connectivity index (χ3v) is 6.63. The van der Waals surface area contributed by atoms with E-state index < -0.39 is 0 Å². The highest BCUT2D eigenvalue weighted by molar-refractivity contribution is 6.33. The standard InChI is InChI=1S/C23H26ClN5O3/c1-13-8-19(13)27-20(30)12-29-11-15-3-2-14(9-17(15)22(29)31)21-18(24)10-25-23(28-21)26-16-4-6-32-7-5-16/h2-3,9-10,13,16,19H,4-8,11-12H2,1H3,(H,27,30)(H,25,26,28)/t13-,19-/m1/s1. The van der Waals surface area contributed by atoms with E-state index in [-0.39, 0.29) is 30.4 Å². The number of carbonyl (C=O) groups excluding carboxylic acids is 2. The molecule has 0 unspecified atom stereocenters. The van der Waals surface area contributed by atoms with Gasteiger partial charge in [0, 0.05) is 43.0 Å². The number of nitrogens with one attached hydrogen (secondary N) is 2. The van der Waals surface area contributed by atoms with E-state index in [4.69, 9.17) is 16.3 Å². The van der Waals surface area contributed by atoms with Crippen molar-refractivity contribution in [3.8, 4) is 11.3 Å². The summed E-state index contributed by atoms with van der Waals surface area (Å²) in [4.78, 5) is 35.7. The maximum atomic E-state index is 13.0. The van der Waals surface area contributed by atoms with E-state index in [1.165, 1.54) is 0 Å². The van der Waals surface area contributed by atoms with Crippen LogP contribution in [0.5, 0.6) is 0 Å². The molecule has 2 amide bonds. The minimum atomic E-state index is -0.147. The van der Waals surface area contributed by atoms with Crippen molar-refractivity contribution in [2.75, 3.05) is 25.1 Å². The van der Waals surface area contributed by atoms with E-state index in [9.17, 15) is 9.59 Å². The zero-order chi connectivity index (χ0) is 22.2. The summed E-state index contributed by atoms with van der Waals surface area (Å²) in [6.45, 7) is 4.04. The molecule has 2 fully saturated rings. The molecular formula is C23H26ClN5O3. The molecule has 2 aliphatic heterocycles. The van der Waals surface area contributed by atoms with E-state index in [2.05, 4.69) is 27.5 Å². The topological polar surface area (TPSA) is 96.5 Å². The van der Waals surface area contributed by atoms with Crippen LogP contribution in [0.15, 0.2) is 24.4 Å². The monoisotopic (exact) mass is 455 g/mol. The molecule has 0 spiro atoms. The molecule has 3 heterocycles. The lowest BCUT2D eigenvalue weighted by molar-refractivity contribution is -0.122. The van der Waals surface area contributed by atoms with Gasteiger partial charge in [0.25, 0.3) is 5.91 Å². The van der Waals surface area contributed by atoms with Crippen LogP contribution >= 0.6 is 11.6 Å². The molecular weight excluding hydrogens is 430 g/mol. The van der Waals surface area contributed by atoms with Crippen molar-refractivity contribution in [2.45, 2.75) is 44.8 Å². The van der Waals surface area contributed by atoms with Crippen LogP contribution in [0.25, 0.3) is 11.3 Å². The van der Waals surface area contributed by atoms with Crippen molar-refractivity contribution >= 4 is 29.4 Å². The van der Waals surface area contributed by atoms with Gasteiger partial charge >= 0.3 is 0 Å². The number of aromatic nitrogens is 2. The van der Waals surface area contributed by atoms with Crippen LogP contribution in [0.4, 0.5) is 5.95 Å². The summed E-state index contributed by atoms with van der Waals surface area (Å²) in [7, 11) is 0. The Kier molecular flexibility index (Phi) is 5.73. The Hall–Kier alpha value is -2.71. The van der Waals surface area contributed by atoms with E-state index in [0.717, 1.165) is 43.6 Å². The van der Waals surface area contributed by atoms with Gasteiger partial charge in [-0.05, 0) is 36.8 Å². The Labute approximate surface area is 191 Å². The zero-order valence-corrected chi connectivity index (χ0v) is 18.7. The van der Waals surface area contributed by atoms with Crippen molar-refractivity contribution in [2.24, 2.45) is 5.92 Å². The molecule has 32 heavy (non-hydrogen) atoms. The summed E-state index contributed by atoms with van der Waals surface area (Å²) < 4.78 is 5.40. The summed E-state index contributed by atoms with van der Waals surface area (Å²) in [6.07, 6.45) is 4.39. The second kappa shape index (κ2) is 8.67. The fourth-order valence-electron chi connectivity index (χ4n) is 4.25. The Morgan fingerprint density at radius 2 is 2.09 bits per heavy atom. The molecule has 3 aliphatic rings. The molecule has 2 aromatic rings. The Morgan fingerprint density at radius 3 is 2.84 bits per heavy atom. The fraction of sp³-hybridized carbons (Fsp3) is 0.478. The van der Waals surface area contributed by atoms with Gasteiger partial charge in [-0.15, -0.1) is 0 Å². The zero-order valence-electron chi connectivity index (χ0n) is 17.9. The van der Waals surface area contributed by atoms with Crippen LogP contribution in [0.1, 0.15) is 42.1 Å². The highest BCUT2D eigenvalue weighted by atomic mass is 35.5. The quantitative estimate of drug-likeness (QED) is 0.695. The minimum absolute atomic E-state index is 0.0689. The van der Waals surface area contributed by atoms with Crippen LogP contribution in [-0.4, -0.2) is 58.5 Å². The number of hydrogen-bond donors (Lipinski definition) is 2. The van der Waals surface area contributed by atoms with Gasteiger partial charge in [0.1, 0.15) is 6.54 Å². The molecule has 1 aliphatic carbocycles. The van der Waals surface area contributed by atoms with Crippen molar-refractivity contribution in [1.29, 1.82) is 0 Å². The molecule has 1 saturated carbocycles. The van der Waals surface area contributed by atoms with Gasteiger partial charge in [-0.1, -0.05) is 30.7 Å². The smallest absolute Gasteiger partial charge is 0.254 e. The number of benzene rings is 1. The summed E-state index contributed by atoms with van der Waals surface area (Å²) in [6, 6.07) is 6.14. The van der Waals surface area contributed by atoms with E-state index >= 15 is 0 Å². The van der Waals surface area contributed by atoms with E-state index in [0.29, 0.717) is 34.7 Å². The lowest BCUT2D eigenvalue weighted by Crippen LogP contribution is -2.38. The van der Waals surface area contributed by atoms with Gasteiger partial charge < -0.3 is 20.3 Å². The number of anilines is 1. The lowest BCUT2D eigenvalue weighted by Gasteiger charge is -2.23. The first-order valence-corrected chi connectivity index (χ1v) is 11.4.